The Morgan fingerprint density at radius 3 is 2.75 bits per heavy atom. The maximum atomic E-state index is 11.6. The Kier molecular flexibility index (Phi) is 4.86. The van der Waals surface area contributed by atoms with Crippen LogP contribution in [0.2, 0.25) is 0 Å². The van der Waals surface area contributed by atoms with E-state index >= 15 is 0 Å². The van der Waals surface area contributed by atoms with Gasteiger partial charge >= 0.3 is 0 Å². The fourth-order valence-electron chi connectivity index (χ4n) is 1.69. The number of nitrogens with zero attached hydrogens (tertiary/aromatic N) is 4. The molecule has 0 aromatic carbocycles. The van der Waals surface area contributed by atoms with Gasteiger partial charge in [0, 0.05) is 33.4 Å². The average Bonchev–Trinajstić information content (AvgIpc) is 2.46. The van der Waals surface area contributed by atoms with Crippen molar-refractivity contribution in [2.75, 3.05) is 45.3 Å². The van der Waals surface area contributed by atoms with Gasteiger partial charge in [0.25, 0.3) is 10.2 Å². The quantitative estimate of drug-likeness (QED) is 0.767. The van der Waals surface area contributed by atoms with Gasteiger partial charge in [-0.1, -0.05) is 0 Å². The second kappa shape index (κ2) is 6.44. The number of hydrogen-bond acceptors (Lipinski definition) is 6. The zero-order valence-corrected chi connectivity index (χ0v) is 12.4. The molecule has 9 heteroatoms. The maximum absolute atomic E-state index is 11.6. The third-order valence-corrected chi connectivity index (χ3v) is 4.38. The van der Waals surface area contributed by atoms with E-state index in [1.807, 2.05) is 4.90 Å². The van der Waals surface area contributed by atoms with Crippen molar-refractivity contribution in [2.45, 2.75) is 6.54 Å². The Morgan fingerprint density at radius 1 is 1.40 bits per heavy atom. The molecule has 1 aliphatic heterocycles. The molecule has 2 heterocycles. The molecule has 0 saturated carbocycles. The van der Waals surface area contributed by atoms with Gasteiger partial charge in [0.15, 0.2) is 0 Å². The minimum atomic E-state index is -3.44. The number of hydrogen-bond donors (Lipinski definition) is 1. The molecule has 8 nitrogen and oxygen atoms in total. The average molecular weight is 301 g/mol. The summed E-state index contributed by atoms with van der Waals surface area (Å²) in [6, 6.07) is 1.70. The Balaban J connectivity index is 2.02. The Hall–Kier alpha value is -1.29. The van der Waals surface area contributed by atoms with Gasteiger partial charge in [-0.3, -0.25) is 0 Å². The maximum Gasteiger partial charge on any atom is 0.279 e. The third-order valence-electron chi connectivity index (χ3n) is 2.91. The molecule has 1 aromatic heterocycles. The van der Waals surface area contributed by atoms with Crippen LogP contribution in [-0.4, -0.2) is 63.1 Å². The third kappa shape index (κ3) is 3.85. The molecule has 1 N–H and O–H groups in total. The van der Waals surface area contributed by atoms with Gasteiger partial charge in [0.05, 0.1) is 25.5 Å². The molecular formula is C11H19N5O3S. The van der Waals surface area contributed by atoms with Crippen LogP contribution in [0.15, 0.2) is 12.3 Å². The van der Waals surface area contributed by atoms with Crippen LogP contribution >= 0.6 is 0 Å². The first-order chi connectivity index (χ1) is 9.49. The fourth-order valence-corrected chi connectivity index (χ4v) is 2.28. The molecule has 1 saturated heterocycles. The van der Waals surface area contributed by atoms with Gasteiger partial charge in [-0.15, -0.1) is 0 Å². The number of ether oxygens (including phenoxy) is 1. The largest absolute Gasteiger partial charge is 0.378 e. The van der Waals surface area contributed by atoms with Gasteiger partial charge in [-0.2, -0.15) is 17.4 Å². The van der Waals surface area contributed by atoms with Crippen LogP contribution in [0.1, 0.15) is 5.69 Å². The molecule has 0 atom stereocenters. The highest BCUT2D eigenvalue weighted by atomic mass is 32.2. The standard InChI is InChI=1S/C11H19N5O3S/c1-15(2)20(17,18)13-9-10-3-4-12-11(14-10)16-5-7-19-8-6-16/h3-4,13H,5-9H2,1-2H3. The van der Waals surface area contributed by atoms with Crippen molar-refractivity contribution in [1.82, 2.24) is 19.0 Å². The summed E-state index contributed by atoms with van der Waals surface area (Å²) in [5, 5.41) is 0. The van der Waals surface area contributed by atoms with Crippen molar-refractivity contribution in [3.63, 3.8) is 0 Å². The number of rotatable bonds is 5. The van der Waals surface area contributed by atoms with Crippen LogP contribution in [0.3, 0.4) is 0 Å². The Bertz CT molecular complexity index is 543. The zero-order valence-electron chi connectivity index (χ0n) is 11.6. The lowest BCUT2D eigenvalue weighted by Gasteiger charge is -2.26. The minimum absolute atomic E-state index is 0.139. The molecule has 20 heavy (non-hydrogen) atoms. The molecule has 1 aliphatic rings. The number of aromatic nitrogens is 2. The molecule has 0 bridgehead atoms. The Morgan fingerprint density at radius 2 is 2.10 bits per heavy atom. The lowest BCUT2D eigenvalue weighted by molar-refractivity contribution is 0.122. The highest BCUT2D eigenvalue weighted by Crippen LogP contribution is 2.10. The lowest BCUT2D eigenvalue weighted by atomic mass is 10.4. The van der Waals surface area contributed by atoms with Crippen molar-refractivity contribution >= 4 is 16.2 Å². The zero-order chi connectivity index (χ0) is 14.6. The summed E-state index contributed by atoms with van der Waals surface area (Å²) < 4.78 is 32.1. The number of morpholine rings is 1. The highest BCUT2D eigenvalue weighted by molar-refractivity contribution is 7.87. The molecule has 112 valence electrons. The summed E-state index contributed by atoms with van der Waals surface area (Å²) in [5.74, 6) is 0.606. The Labute approximate surface area is 118 Å². The number of anilines is 1. The first kappa shape index (κ1) is 15.1. The van der Waals surface area contributed by atoms with Crippen molar-refractivity contribution < 1.29 is 13.2 Å². The van der Waals surface area contributed by atoms with E-state index in [9.17, 15) is 8.42 Å². The monoisotopic (exact) mass is 301 g/mol. The van der Waals surface area contributed by atoms with Crippen molar-refractivity contribution in [3.8, 4) is 0 Å². The molecule has 0 aliphatic carbocycles. The van der Waals surface area contributed by atoms with E-state index in [4.69, 9.17) is 4.74 Å². The van der Waals surface area contributed by atoms with Crippen molar-refractivity contribution in [2.24, 2.45) is 0 Å². The number of nitrogens with one attached hydrogen (secondary N) is 1. The van der Waals surface area contributed by atoms with E-state index in [2.05, 4.69) is 14.7 Å². The summed E-state index contributed by atoms with van der Waals surface area (Å²) >= 11 is 0. The van der Waals surface area contributed by atoms with Crippen LogP contribution in [0.5, 0.6) is 0 Å². The van der Waals surface area contributed by atoms with E-state index in [0.717, 1.165) is 17.4 Å². The summed E-state index contributed by atoms with van der Waals surface area (Å²) in [6.07, 6.45) is 1.64. The molecule has 1 fully saturated rings. The highest BCUT2D eigenvalue weighted by Gasteiger charge is 2.15. The van der Waals surface area contributed by atoms with Gasteiger partial charge in [0.2, 0.25) is 5.95 Å². The van der Waals surface area contributed by atoms with Gasteiger partial charge in [-0.25, -0.2) is 9.97 Å². The first-order valence-corrected chi connectivity index (χ1v) is 7.75. The van der Waals surface area contributed by atoms with Gasteiger partial charge in [0.1, 0.15) is 0 Å². The molecule has 0 spiro atoms. The van der Waals surface area contributed by atoms with Crippen molar-refractivity contribution in [1.29, 1.82) is 0 Å². The second-order valence-electron chi connectivity index (χ2n) is 4.56. The van der Waals surface area contributed by atoms with Crippen LogP contribution in [0, 0.1) is 0 Å². The van der Waals surface area contributed by atoms with Crippen molar-refractivity contribution in [3.05, 3.63) is 18.0 Å². The summed E-state index contributed by atoms with van der Waals surface area (Å²) in [7, 11) is -0.497. The van der Waals surface area contributed by atoms with Gasteiger partial charge in [-0.05, 0) is 6.07 Å². The van der Waals surface area contributed by atoms with E-state index in [-0.39, 0.29) is 6.54 Å². The van der Waals surface area contributed by atoms with E-state index in [0.29, 0.717) is 24.9 Å². The second-order valence-corrected chi connectivity index (χ2v) is 6.53. The predicted molar refractivity (Wildman–Crippen MR) is 74.5 cm³/mol. The first-order valence-electron chi connectivity index (χ1n) is 6.31. The fraction of sp³-hybridized carbons (Fsp3) is 0.636. The SMILES string of the molecule is CN(C)S(=O)(=O)NCc1ccnc(N2CCOCC2)n1. The summed E-state index contributed by atoms with van der Waals surface area (Å²) in [4.78, 5) is 10.6. The smallest absolute Gasteiger partial charge is 0.279 e. The van der Waals surface area contributed by atoms with E-state index < -0.39 is 10.2 Å². The van der Waals surface area contributed by atoms with E-state index in [1.165, 1.54) is 14.1 Å². The van der Waals surface area contributed by atoms with Crippen LogP contribution in [0.4, 0.5) is 5.95 Å². The lowest BCUT2D eigenvalue weighted by Crippen LogP contribution is -2.38. The molecule has 1 aromatic rings. The summed E-state index contributed by atoms with van der Waals surface area (Å²) in [6.45, 7) is 2.93. The molecule has 0 amide bonds. The minimum Gasteiger partial charge on any atom is -0.378 e. The predicted octanol–water partition coefficient (Wildman–Crippen LogP) is -0.791. The van der Waals surface area contributed by atoms with Crippen LogP contribution in [0.25, 0.3) is 0 Å². The van der Waals surface area contributed by atoms with Gasteiger partial charge < -0.3 is 9.64 Å². The van der Waals surface area contributed by atoms with Crippen LogP contribution in [-0.2, 0) is 21.5 Å². The normalized spacial score (nSPS) is 16.6. The van der Waals surface area contributed by atoms with Crippen LogP contribution < -0.4 is 9.62 Å². The molecule has 2 rings (SSSR count). The summed E-state index contributed by atoms with van der Waals surface area (Å²) in [5.41, 5.74) is 0.631. The molecule has 0 radical (unpaired) electrons. The van der Waals surface area contributed by atoms with E-state index in [1.54, 1.807) is 12.3 Å². The molecular weight excluding hydrogens is 282 g/mol. The topological polar surface area (TPSA) is 87.7 Å². The molecule has 0 unspecified atom stereocenters.